The first-order chi connectivity index (χ1) is 9.16. The zero-order chi connectivity index (χ0) is 15.5. The van der Waals surface area contributed by atoms with Gasteiger partial charge in [-0.25, -0.2) is 4.39 Å². The van der Waals surface area contributed by atoms with E-state index in [1.54, 1.807) is 27.7 Å². The van der Waals surface area contributed by atoms with E-state index in [4.69, 9.17) is 0 Å². The summed E-state index contributed by atoms with van der Waals surface area (Å²) in [5.74, 6) is -1.92. The standard InChI is InChI=1S/C15H20FNO3/c1-9(2)15(4,14(19)20)8-13(18)17-11-5-6-12(16)10(3)7-11/h5-7,9H,8H2,1-4H3,(H,17,18)(H,19,20). The molecular weight excluding hydrogens is 261 g/mol. The maximum Gasteiger partial charge on any atom is 0.310 e. The molecule has 1 atom stereocenters. The van der Waals surface area contributed by atoms with Crippen molar-refractivity contribution in [2.45, 2.75) is 34.1 Å². The number of nitrogens with one attached hydrogen (secondary N) is 1. The Morgan fingerprint density at radius 1 is 1.40 bits per heavy atom. The molecule has 0 bridgehead atoms. The number of aliphatic carboxylic acids is 1. The number of aryl methyl sites for hydroxylation is 1. The molecule has 1 amide bonds. The molecule has 4 nitrogen and oxygen atoms in total. The smallest absolute Gasteiger partial charge is 0.310 e. The van der Waals surface area contributed by atoms with Crippen LogP contribution in [0.4, 0.5) is 10.1 Å². The highest BCUT2D eigenvalue weighted by molar-refractivity contribution is 5.94. The fourth-order valence-electron chi connectivity index (χ4n) is 1.79. The fraction of sp³-hybridized carbons (Fsp3) is 0.467. The van der Waals surface area contributed by atoms with E-state index in [1.807, 2.05) is 0 Å². The van der Waals surface area contributed by atoms with E-state index >= 15 is 0 Å². The molecule has 0 fully saturated rings. The van der Waals surface area contributed by atoms with Gasteiger partial charge in [-0.1, -0.05) is 13.8 Å². The van der Waals surface area contributed by atoms with Crippen molar-refractivity contribution in [1.29, 1.82) is 0 Å². The zero-order valence-corrected chi connectivity index (χ0v) is 12.2. The highest BCUT2D eigenvalue weighted by Gasteiger charge is 2.38. The summed E-state index contributed by atoms with van der Waals surface area (Å²) < 4.78 is 13.1. The van der Waals surface area contributed by atoms with Crippen LogP contribution in [0.3, 0.4) is 0 Å². The molecule has 110 valence electrons. The molecule has 0 heterocycles. The molecule has 5 heteroatoms. The van der Waals surface area contributed by atoms with E-state index < -0.39 is 17.3 Å². The summed E-state index contributed by atoms with van der Waals surface area (Å²) in [6.45, 7) is 6.68. The van der Waals surface area contributed by atoms with Crippen molar-refractivity contribution in [3.63, 3.8) is 0 Å². The molecule has 0 aliphatic heterocycles. The molecule has 0 spiro atoms. The van der Waals surface area contributed by atoms with Crippen molar-refractivity contribution < 1.29 is 19.1 Å². The first kappa shape index (κ1) is 16.1. The number of carboxylic acid groups (broad SMARTS) is 1. The molecular formula is C15H20FNO3. The average molecular weight is 281 g/mol. The number of carbonyl (C=O) groups excluding carboxylic acids is 1. The zero-order valence-electron chi connectivity index (χ0n) is 12.2. The first-order valence-corrected chi connectivity index (χ1v) is 6.46. The molecule has 1 rings (SSSR count). The Labute approximate surface area is 118 Å². The second kappa shape index (κ2) is 6.03. The van der Waals surface area contributed by atoms with Crippen LogP contribution in [0.15, 0.2) is 18.2 Å². The molecule has 1 unspecified atom stereocenters. The molecule has 0 saturated heterocycles. The number of hydrogen-bond acceptors (Lipinski definition) is 2. The normalized spacial score (nSPS) is 13.9. The third kappa shape index (κ3) is 3.56. The summed E-state index contributed by atoms with van der Waals surface area (Å²) >= 11 is 0. The van der Waals surface area contributed by atoms with E-state index in [0.717, 1.165) is 0 Å². The van der Waals surface area contributed by atoms with Crippen LogP contribution in [-0.2, 0) is 9.59 Å². The molecule has 0 aromatic heterocycles. The Morgan fingerprint density at radius 2 is 2.00 bits per heavy atom. The lowest BCUT2D eigenvalue weighted by Crippen LogP contribution is -2.37. The Hall–Kier alpha value is -1.91. The summed E-state index contributed by atoms with van der Waals surface area (Å²) in [5.41, 5.74) is -0.239. The topological polar surface area (TPSA) is 66.4 Å². The van der Waals surface area contributed by atoms with Crippen molar-refractivity contribution >= 4 is 17.6 Å². The van der Waals surface area contributed by atoms with Gasteiger partial charge in [0.2, 0.25) is 5.91 Å². The Bertz CT molecular complexity index is 528. The number of rotatable bonds is 5. The van der Waals surface area contributed by atoms with Gasteiger partial charge >= 0.3 is 5.97 Å². The minimum absolute atomic E-state index is 0.129. The number of anilines is 1. The quantitative estimate of drug-likeness (QED) is 0.871. The Morgan fingerprint density at radius 3 is 2.45 bits per heavy atom. The molecule has 0 aliphatic carbocycles. The number of carboxylic acids is 1. The second-order valence-corrected chi connectivity index (χ2v) is 5.57. The summed E-state index contributed by atoms with van der Waals surface area (Å²) in [5, 5.41) is 11.9. The van der Waals surface area contributed by atoms with Crippen LogP contribution < -0.4 is 5.32 Å². The highest BCUT2D eigenvalue weighted by Crippen LogP contribution is 2.31. The first-order valence-electron chi connectivity index (χ1n) is 6.46. The van der Waals surface area contributed by atoms with Crippen LogP contribution in [0.25, 0.3) is 0 Å². The molecule has 2 N–H and O–H groups in total. The number of amides is 1. The summed E-state index contributed by atoms with van der Waals surface area (Å²) in [6, 6.07) is 4.23. The molecule has 0 radical (unpaired) electrons. The molecule has 20 heavy (non-hydrogen) atoms. The van der Waals surface area contributed by atoms with Gasteiger partial charge in [0.1, 0.15) is 5.82 Å². The van der Waals surface area contributed by atoms with E-state index in [0.29, 0.717) is 11.3 Å². The van der Waals surface area contributed by atoms with Crippen molar-refractivity contribution in [2.24, 2.45) is 11.3 Å². The molecule has 0 saturated carbocycles. The van der Waals surface area contributed by atoms with Crippen LogP contribution in [0, 0.1) is 24.1 Å². The minimum atomic E-state index is -1.13. The maximum absolute atomic E-state index is 13.1. The number of benzene rings is 1. The van der Waals surface area contributed by atoms with Crippen LogP contribution in [0.2, 0.25) is 0 Å². The van der Waals surface area contributed by atoms with Gasteiger partial charge in [0.15, 0.2) is 0 Å². The van der Waals surface area contributed by atoms with E-state index in [9.17, 15) is 19.1 Å². The molecule has 1 aromatic rings. The number of carbonyl (C=O) groups is 2. The van der Waals surface area contributed by atoms with Crippen molar-refractivity contribution in [3.8, 4) is 0 Å². The number of halogens is 1. The van der Waals surface area contributed by atoms with Gasteiger partial charge in [-0.2, -0.15) is 0 Å². The van der Waals surface area contributed by atoms with Gasteiger partial charge in [0, 0.05) is 12.1 Å². The van der Waals surface area contributed by atoms with Gasteiger partial charge < -0.3 is 10.4 Å². The lowest BCUT2D eigenvalue weighted by Gasteiger charge is -2.28. The Kier molecular flexibility index (Phi) is 4.87. The van der Waals surface area contributed by atoms with Crippen molar-refractivity contribution in [3.05, 3.63) is 29.6 Å². The third-order valence-corrected chi connectivity index (χ3v) is 3.73. The van der Waals surface area contributed by atoms with Crippen molar-refractivity contribution in [1.82, 2.24) is 0 Å². The maximum atomic E-state index is 13.1. The Balaban J connectivity index is 2.81. The fourth-order valence-corrected chi connectivity index (χ4v) is 1.79. The summed E-state index contributed by atoms with van der Waals surface area (Å²) in [7, 11) is 0. The third-order valence-electron chi connectivity index (χ3n) is 3.73. The lowest BCUT2D eigenvalue weighted by molar-refractivity contribution is -0.153. The highest BCUT2D eigenvalue weighted by atomic mass is 19.1. The summed E-state index contributed by atoms with van der Waals surface area (Å²) in [4.78, 5) is 23.3. The largest absolute Gasteiger partial charge is 0.481 e. The monoisotopic (exact) mass is 281 g/mol. The SMILES string of the molecule is Cc1cc(NC(=O)CC(C)(C(=O)O)C(C)C)ccc1F. The van der Waals surface area contributed by atoms with Gasteiger partial charge in [-0.05, 0) is 43.5 Å². The molecule has 1 aromatic carbocycles. The van der Waals surface area contributed by atoms with Crippen LogP contribution >= 0.6 is 0 Å². The van der Waals surface area contributed by atoms with E-state index in [1.165, 1.54) is 18.2 Å². The predicted octanol–water partition coefficient (Wildman–Crippen LogP) is 3.21. The van der Waals surface area contributed by atoms with Gasteiger partial charge in [0.05, 0.1) is 5.41 Å². The predicted molar refractivity (Wildman–Crippen MR) is 75.0 cm³/mol. The van der Waals surface area contributed by atoms with Gasteiger partial charge in [-0.3, -0.25) is 9.59 Å². The minimum Gasteiger partial charge on any atom is -0.481 e. The van der Waals surface area contributed by atoms with Crippen LogP contribution in [-0.4, -0.2) is 17.0 Å². The van der Waals surface area contributed by atoms with E-state index in [-0.39, 0.29) is 18.2 Å². The van der Waals surface area contributed by atoms with Crippen LogP contribution in [0.5, 0.6) is 0 Å². The van der Waals surface area contributed by atoms with Crippen LogP contribution in [0.1, 0.15) is 32.8 Å². The average Bonchev–Trinajstić information content (AvgIpc) is 2.33. The van der Waals surface area contributed by atoms with Crippen molar-refractivity contribution in [2.75, 3.05) is 5.32 Å². The number of hydrogen-bond donors (Lipinski definition) is 2. The van der Waals surface area contributed by atoms with Gasteiger partial charge in [-0.15, -0.1) is 0 Å². The van der Waals surface area contributed by atoms with E-state index in [2.05, 4.69) is 5.32 Å². The lowest BCUT2D eigenvalue weighted by atomic mass is 9.76. The second-order valence-electron chi connectivity index (χ2n) is 5.57. The summed E-state index contributed by atoms with van der Waals surface area (Å²) in [6.07, 6.45) is -0.129. The van der Waals surface area contributed by atoms with Gasteiger partial charge in [0.25, 0.3) is 0 Å². The molecule has 0 aliphatic rings.